The average molecular weight is 265 g/mol. The zero-order chi connectivity index (χ0) is 14.1. The van der Waals surface area contributed by atoms with Gasteiger partial charge in [0.15, 0.2) is 0 Å². The highest BCUT2D eigenvalue weighted by Gasteiger charge is 2.12. The van der Waals surface area contributed by atoms with Gasteiger partial charge >= 0.3 is 0 Å². The molecule has 0 spiro atoms. The van der Waals surface area contributed by atoms with E-state index in [2.05, 4.69) is 29.1 Å². The van der Waals surface area contributed by atoms with Gasteiger partial charge in [-0.05, 0) is 26.7 Å². The van der Waals surface area contributed by atoms with Gasteiger partial charge in [-0.3, -0.25) is 0 Å². The molecule has 0 aliphatic rings. The van der Waals surface area contributed by atoms with Crippen molar-refractivity contribution in [1.82, 2.24) is 9.97 Å². The van der Waals surface area contributed by atoms with Crippen LogP contribution in [0.1, 0.15) is 58.4 Å². The monoisotopic (exact) mass is 265 g/mol. The second-order valence-corrected chi connectivity index (χ2v) is 4.86. The van der Waals surface area contributed by atoms with Crippen molar-refractivity contribution in [1.29, 1.82) is 0 Å². The van der Waals surface area contributed by atoms with Crippen molar-refractivity contribution in [2.45, 2.75) is 65.8 Å². The van der Waals surface area contributed by atoms with E-state index in [1.165, 1.54) is 32.1 Å². The lowest BCUT2D eigenvalue weighted by atomic mass is 10.1. The van der Waals surface area contributed by atoms with Crippen LogP contribution in [0.2, 0.25) is 0 Å². The molecular weight excluding hydrogens is 238 g/mol. The molecule has 0 aliphatic heterocycles. The molecular formula is C15H27N3O. The summed E-state index contributed by atoms with van der Waals surface area (Å²) in [5.74, 6) is 1.60. The molecule has 0 amide bonds. The van der Waals surface area contributed by atoms with Gasteiger partial charge in [0.05, 0.1) is 12.2 Å². The maximum absolute atomic E-state index is 5.51. The fourth-order valence-electron chi connectivity index (χ4n) is 2.14. The summed E-state index contributed by atoms with van der Waals surface area (Å²) in [4.78, 5) is 8.52. The lowest BCUT2D eigenvalue weighted by Crippen LogP contribution is -2.21. The van der Waals surface area contributed by atoms with Crippen molar-refractivity contribution in [3.05, 3.63) is 11.9 Å². The van der Waals surface area contributed by atoms with Gasteiger partial charge in [0.2, 0.25) is 5.88 Å². The third-order valence-electron chi connectivity index (χ3n) is 3.20. The van der Waals surface area contributed by atoms with E-state index in [4.69, 9.17) is 4.74 Å². The molecule has 1 unspecified atom stereocenters. The maximum Gasteiger partial charge on any atom is 0.221 e. The normalized spacial score (nSPS) is 12.2. The molecule has 0 radical (unpaired) electrons. The highest BCUT2D eigenvalue weighted by molar-refractivity contribution is 5.48. The van der Waals surface area contributed by atoms with E-state index >= 15 is 0 Å². The van der Waals surface area contributed by atoms with Crippen LogP contribution in [0, 0.1) is 6.92 Å². The minimum absolute atomic E-state index is 0.494. The van der Waals surface area contributed by atoms with Gasteiger partial charge in [-0.2, -0.15) is 0 Å². The van der Waals surface area contributed by atoms with E-state index in [1.54, 1.807) is 6.33 Å². The molecule has 19 heavy (non-hydrogen) atoms. The Kier molecular flexibility index (Phi) is 7.23. The summed E-state index contributed by atoms with van der Waals surface area (Å²) in [7, 11) is 0. The average Bonchev–Trinajstić information content (AvgIpc) is 2.41. The van der Waals surface area contributed by atoms with E-state index in [-0.39, 0.29) is 0 Å². The molecule has 1 atom stereocenters. The van der Waals surface area contributed by atoms with Gasteiger partial charge < -0.3 is 10.1 Å². The molecule has 0 bridgehead atoms. The first-order chi connectivity index (χ1) is 9.22. The van der Waals surface area contributed by atoms with E-state index in [1.807, 2.05) is 13.8 Å². The Morgan fingerprint density at radius 1 is 1.16 bits per heavy atom. The Balaban J connectivity index is 2.74. The van der Waals surface area contributed by atoms with E-state index < -0.39 is 0 Å². The SMILES string of the molecule is CCCCC(CCC)Nc1ncnc(OCC)c1C. The molecule has 1 N–H and O–H groups in total. The van der Waals surface area contributed by atoms with Gasteiger partial charge in [0.25, 0.3) is 0 Å². The van der Waals surface area contributed by atoms with Gasteiger partial charge in [-0.25, -0.2) is 9.97 Å². The van der Waals surface area contributed by atoms with Crippen molar-refractivity contribution in [2.75, 3.05) is 11.9 Å². The van der Waals surface area contributed by atoms with Gasteiger partial charge in [-0.1, -0.05) is 33.1 Å². The molecule has 1 aromatic heterocycles. The summed E-state index contributed by atoms with van der Waals surface area (Å²) < 4.78 is 5.51. The molecule has 1 heterocycles. The number of hydrogen-bond acceptors (Lipinski definition) is 4. The summed E-state index contributed by atoms with van der Waals surface area (Å²) >= 11 is 0. The highest BCUT2D eigenvalue weighted by Crippen LogP contribution is 2.22. The molecule has 108 valence electrons. The van der Waals surface area contributed by atoms with E-state index in [9.17, 15) is 0 Å². The van der Waals surface area contributed by atoms with Crippen molar-refractivity contribution < 1.29 is 4.74 Å². The topological polar surface area (TPSA) is 47.0 Å². The fraction of sp³-hybridized carbons (Fsp3) is 0.733. The van der Waals surface area contributed by atoms with Crippen molar-refractivity contribution in [3.8, 4) is 5.88 Å². The van der Waals surface area contributed by atoms with Crippen LogP contribution < -0.4 is 10.1 Å². The Morgan fingerprint density at radius 3 is 2.58 bits per heavy atom. The predicted octanol–water partition coefficient (Wildman–Crippen LogP) is 3.95. The van der Waals surface area contributed by atoms with Crippen molar-refractivity contribution in [3.63, 3.8) is 0 Å². The fourth-order valence-corrected chi connectivity index (χ4v) is 2.14. The second-order valence-electron chi connectivity index (χ2n) is 4.86. The summed E-state index contributed by atoms with van der Waals surface area (Å²) in [6.45, 7) is 9.06. The maximum atomic E-state index is 5.51. The third kappa shape index (κ3) is 5.05. The van der Waals surface area contributed by atoms with Crippen molar-refractivity contribution in [2.24, 2.45) is 0 Å². The lowest BCUT2D eigenvalue weighted by molar-refractivity contribution is 0.323. The molecule has 1 rings (SSSR count). The molecule has 4 heteroatoms. The Labute approximate surface area is 117 Å². The minimum Gasteiger partial charge on any atom is -0.478 e. The molecule has 0 saturated heterocycles. The summed E-state index contributed by atoms with van der Waals surface area (Å²) in [6, 6.07) is 0.494. The summed E-state index contributed by atoms with van der Waals surface area (Å²) in [5.41, 5.74) is 1.00. The molecule has 0 fully saturated rings. The Morgan fingerprint density at radius 2 is 1.95 bits per heavy atom. The first kappa shape index (κ1) is 15.7. The van der Waals surface area contributed by atoms with Crippen LogP contribution in [0.15, 0.2) is 6.33 Å². The van der Waals surface area contributed by atoms with E-state index in [0.29, 0.717) is 18.5 Å². The van der Waals surface area contributed by atoms with E-state index in [0.717, 1.165) is 11.4 Å². The number of unbranched alkanes of at least 4 members (excludes halogenated alkanes) is 1. The van der Waals surface area contributed by atoms with Crippen molar-refractivity contribution >= 4 is 5.82 Å². The highest BCUT2D eigenvalue weighted by atomic mass is 16.5. The molecule has 4 nitrogen and oxygen atoms in total. The Hall–Kier alpha value is -1.32. The summed E-state index contributed by atoms with van der Waals surface area (Å²) in [5, 5.41) is 3.55. The van der Waals surface area contributed by atoms with Gasteiger partial charge in [0, 0.05) is 6.04 Å². The lowest BCUT2D eigenvalue weighted by Gasteiger charge is -2.20. The zero-order valence-corrected chi connectivity index (χ0v) is 12.7. The van der Waals surface area contributed by atoms with Gasteiger partial charge in [-0.15, -0.1) is 0 Å². The van der Waals surface area contributed by atoms with Crippen LogP contribution in [-0.4, -0.2) is 22.6 Å². The van der Waals surface area contributed by atoms with Gasteiger partial charge in [0.1, 0.15) is 12.1 Å². The smallest absolute Gasteiger partial charge is 0.221 e. The molecule has 0 aromatic carbocycles. The molecule has 0 aliphatic carbocycles. The number of ether oxygens (including phenoxy) is 1. The standard InChI is InChI=1S/C15H27N3O/c1-5-8-10-13(9-6-2)18-14-12(4)15(19-7-3)17-11-16-14/h11,13H,5-10H2,1-4H3,(H,16,17,18). The third-order valence-corrected chi connectivity index (χ3v) is 3.20. The van der Waals surface area contributed by atoms with Crippen LogP contribution in [0.5, 0.6) is 5.88 Å². The largest absolute Gasteiger partial charge is 0.478 e. The molecule has 1 aromatic rings. The van der Waals surface area contributed by atoms with Crippen LogP contribution in [0.25, 0.3) is 0 Å². The second kappa shape index (κ2) is 8.73. The first-order valence-corrected chi connectivity index (χ1v) is 7.43. The number of nitrogens with zero attached hydrogens (tertiary/aromatic N) is 2. The predicted molar refractivity (Wildman–Crippen MR) is 79.8 cm³/mol. The number of anilines is 1. The van der Waals surface area contributed by atoms with Crippen LogP contribution in [0.3, 0.4) is 0 Å². The number of hydrogen-bond donors (Lipinski definition) is 1. The number of nitrogens with one attached hydrogen (secondary N) is 1. The number of rotatable bonds is 9. The Bertz CT molecular complexity index is 368. The van der Waals surface area contributed by atoms with Crippen LogP contribution in [0.4, 0.5) is 5.82 Å². The minimum atomic E-state index is 0.494. The molecule has 0 saturated carbocycles. The van der Waals surface area contributed by atoms with Crippen LogP contribution >= 0.6 is 0 Å². The number of aromatic nitrogens is 2. The summed E-state index contributed by atoms with van der Waals surface area (Å²) in [6.07, 6.45) is 7.60. The quantitative estimate of drug-likeness (QED) is 0.734. The first-order valence-electron chi connectivity index (χ1n) is 7.43. The zero-order valence-electron chi connectivity index (χ0n) is 12.7. The van der Waals surface area contributed by atoms with Crippen LogP contribution in [-0.2, 0) is 0 Å².